The third kappa shape index (κ3) is 9.32. The van der Waals surface area contributed by atoms with Crippen LogP contribution in [0, 0.1) is 5.92 Å². The molecule has 0 aliphatic rings. The Morgan fingerprint density at radius 1 is 0.971 bits per heavy atom. The van der Waals surface area contributed by atoms with Crippen molar-refractivity contribution in [1.82, 2.24) is 10.6 Å². The molecule has 0 saturated heterocycles. The molecule has 0 aromatic heterocycles. The van der Waals surface area contributed by atoms with Crippen LogP contribution in [0.2, 0.25) is 0 Å². The van der Waals surface area contributed by atoms with Gasteiger partial charge in [0.2, 0.25) is 11.8 Å². The van der Waals surface area contributed by atoms with E-state index in [1.54, 1.807) is 13.8 Å². The largest absolute Gasteiger partial charge is 0.508 e. The van der Waals surface area contributed by atoms with E-state index in [0.717, 1.165) is 5.56 Å². The summed E-state index contributed by atoms with van der Waals surface area (Å²) in [5.41, 5.74) is 1.20. The van der Waals surface area contributed by atoms with Crippen LogP contribution in [0.1, 0.15) is 31.4 Å². The zero-order chi connectivity index (χ0) is 26.0. The van der Waals surface area contributed by atoms with Gasteiger partial charge in [0, 0.05) is 11.3 Å². The number of rotatable bonds is 13. The van der Waals surface area contributed by atoms with Gasteiger partial charge in [0.25, 0.3) is 0 Å². The monoisotopic (exact) mass is 502 g/mol. The molecule has 2 amide bonds. The number of nitrogens with one attached hydrogen (secondary N) is 2. The van der Waals surface area contributed by atoms with Crippen LogP contribution in [0.3, 0.4) is 0 Å². The lowest BCUT2D eigenvalue weighted by Crippen LogP contribution is -2.54. The molecule has 35 heavy (non-hydrogen) atoms. The first-order valence-electron chi connectivity index (χ1n) is 11.0. The van der Waals surface area contributed by atoms with E-state index in [9.17, 15) is 34.5 Å². The second kappa shape index (κ2) is 13.4. The minimum Gasteiger partial charge on any atom is -0.508 e. The topological polar surface area (TPSA) is 153 Å². The van der Waals surface area contributed by atoms with Crippen LogP contribution in [-0.4, -0.2) is 56.7 Å². The Hall–Kier alpha value is -3.53. The van der Waals surface area contributed by atoms with Gasteiger partial charge < -0.3 is 26.0 Å². The van der Waals surface area contributed by atoms with E-state index in [1.807, 2.05) is 30.3 Å². The summed E-state index contributed by atoms with van der Waals surface area (Å²) in [4.78, 5) is 49.4. The molecule has 2 unspecified atom stereocenters. The summed E-state index contributed by atoms with van der Waals surface area (Å²) in [6, 6.07) is 11.0. The van der Waals surface area contributed by atoms with E-state index >= 15 is 0 Å². The summed E-state index contributed by atoms with van der Waals surface area (Å²) in [7, 11) is 0. The summed E-state index contributed by atoms with van der Waals surface area (Å²) in [5, 5.41) is 33.7. The predicted octanol–water partition coefficient (Wildman–Crippen LogP) is 2.24. The number of aromatic hydroxyl groups is 2. The minimum absolute atomic E-state index is 0.0165. The van der Waals surface area contributed by atoms with Crippen molar-refractivity contribution in [2.45, 2.75) is 44.5 Å². The number of thioether (sulfide) groups is 1. The first kappa shape index (κ1) is 27.7. The van der Waals surface area contributed by atoms with E-state index in [1.165, 1.54) is 30.0 Å². The molecule has 2 atom stereocenters. The average Bonchev–Trinajstić information content (AvgIpc) is 2.79. The summed E-state index contributed by atoms with van der Waals surface area (Å²) < 4.78 is 0. The average molecular weight is 503 g/mol. The molecule has 9 nitrogen and oxygen atoms in total. The number of hydrogen-bond donors (Lipinski definition) is 5. The lowest BCUT2D eigenvalue weighted by molar-refractivity contribution is -0.140. The van der Waals surface area contributed by atoms with Crippen molar-refractivity contribution in [2.75, 3.05) is 5.75 Å². The molecule has 0 fully saturated rings. The first-order valence-corrected chi connectivity index (χ1v) is 12.2. The van der Waals surface area contributed by atoms with Crippen molar-refractivity contribution in [1.29, 1.82) is 0 Å². The van der Waals surface area contributed by atoms with Crippen LogP contribution in [0.4, 0.5) is 0 Å². The SMILES string of the molecule is CC(C)C(NC(=O)Cc1cc(O)ccc1O)C(=O)NC(CC(=O)O)C(=O)CSCc1ccccc1. The van der Waals surface area contributed by atoms with Crippen molar-refractivity contribution in [3.05, 3.63) is 59.7 Å². The molecule has 0 aliphatic heterocycles. The lowest BCUT2D eigenvalue weighted by Gasteiger charge is -2.24. The number of hydrogen-bond acceptors (Lipinski definition) is 7. The van der Waals surface area contributed by atoms with Gasteiger partial charge in [0.15, 0.2) is 5.78 Å². The van der Waals surface area contributed by atoms with E-state index in [4.69, 9.17) is 0 Å². The molecule has 2 aromatic rings. The zero-order valence-corrected chi connectivity index (χ0v) is 20.4. The van der Waals surface area contributed by atoms with Gasteiger partial charge in [-0.3, -0.25) is 19.2 Å². The van der Waals surface area contributed by atoms with Crippen LogP contribution < -0.4 is 10.6 Å². The Morgan fingerprint density at radius 3 is 2.29 bits per heavy atom. The van der Waals surface area contributed by atoms with Crippen LogP contribution in [-0.2, 0) is 31.4 Å². The van der Waals surface area contributed by atoms with E-state index < -0.39 is 42.1 Å². The molecule has 0 saturated carbocycles. The fourth-order valence-electron chi connectivity index (χ4n) is 3.27. The number of ketones is 1. The quantitative estimate of drug-likeness (QED) is 0.261. The maximum Gasteiger partial charge on any atom is 0.305 e. The third-order valence-electron chi connectivity index (χ3n) is 5.12. The Kier molecular flexibility index (Phi) is 10.6. The maximum atomic E-state index is 12.9. The third-order valence-corrected chi connectivity index (χ3v) is 6.15. The summed E-state index contributed by atoms with van der Waals surface area (Å²) in [6.07, 6.45) is -0.864. The number of carboxylic acid groups (broad SMARTS) is 1. The number of Topliss-reactive ketones (excluding diaryl/α,β-unsaturated/α-hetero) is 1. The summed E-state index contributed by atoms with van der Waals surface area (Å²) in [6.45, 7) is 3.39. The van der Waals surface area contributed by atoms with Crippen molar-refractivity contribution >= 4 is 35.3 Å². The molecule has 2 rings (SSSR count). The van der Waals surface area contributed by atoms with Crippen LogP contribution in [0.5, 0.6) is 11.5 Å². The van der Waals surface area contributed by atoms with Crippen molar-refractivity contribution in [2.24, 2.45) is 5.92 Å². The summed E-state index contributed by atoms with van der Waals surface area (Å²) in [5.74, 6) is -3.02. The predicted molar refractivity (Wildman–Crippen MR) is 132 cm³/mol. The fourth-order valence-corrected chi connectivity index (χ4v) is 4.20. The molecule has 188 valence electrons. The molecule has 0 aliphatic carbocycles. The molecule has 0 radical (unpaired) electrons. The van der Waals surface area contributed by atoms with Gasteiger partial charge in [-0.05, 0) is 29.7 Å². The molecule has 0 bridgehead atoms. The number of aliphatic carboxylic acids is 1. The van der Waals surface area contributed by atoms with Gasteiger partial charge in [-0.25, -0.2) is 0 Å². The van der Waals surface area contributed by atoms with Crippen LogP contribution >= 0.6 is 11.8 Å². The van der Waals surface area contributed by atoms with Gasteiger partial charge >= 0.3 is 5.97 Å². The second-order valence-electron chi connectivity index (χ2n) is 8.38. The van der Waals surface area contributed by atoms with Crippen molar-refractivity contribution in [3.8, 4) is 11.5 Å². The van der Waals surface area contributed by atoms with Gasteiger partial charge in [-0.15, -0.1) is 11.8 Å². The number of phenolic OH excluding ortho intramolecular Hbond substituents is 2. The highest BCUT2D eigenvalue weighted by Gasteiger charge is 2.30. The minimum atomic E-state index is -1.24. The Labute approximate surface area is 207 Å². The maximum absolute atomic E-state index is 12.9. The number of phenols is 2. The normalized spacial score (nSPS) is 12.5. The molecule has 5 N–H and O–H groups in total. The number of benzene rings is 2. The molecule has 10 heteroatoms. The second-order valence-corrected chi connectivity index (χ2v) is 9.37. The smallest absolute Gasteiger partial charge is 0.305 e. The van der Waals surface area contributed by atoms with Gasteiger partial charge in [0.05, 0.1) is 24.6 Å². The Morgan fingerprint density at radius 2 is 1.66 bits per heavy atom. The molecular weight excluding hydrogens is 472 g/mol. The highest BCUT2D eigenvalue weighted by atomic mass is 32.2. The Balaban J connectivity index is 2.01. The molecule has 0 heterocycles. The van der Waals surface area contributed by atoms with Crippen molar-refractivity contribution in [3.63, 3.8) is 0 Å². The standard InChI is InChI=1S/C25H30N2O7S/c1-15(2)24(27-22(31)11-17-10-18(28)8-9-20(17)29)25(34)26-19(12-23(32)33)21(30)14-35-13-16-6-4-3-5-7-16/h3-10,15,19,24,28-29H,11-14H2,1-2H3,(H,26,34)(H,27,31)(H,32,33). The van der Waals surface area contributed by atoms with Crippen LogP contribution in [0.15, 0.2) is 48.5 Å². The first-order chi connectivity index (χ1) is 16.6. The van der Waals surface area contributed by atoms with Gasteiger partial charge in [-0.2, -0.15) is 0 Å². The van der Waals surface area contributed by atoms with Crippen LogP contribution in [0.25, 0.3) is 0 Å². The zero-order valence-electron chi connectivity index (χ0n) is 19.6. The number of carbonyl (C=O) groups excluding carboxylic acids is 3. The fraction of sp³-hybridized carbons (Fsp3) is 0.360. The highest BCUT2D eigenvalue weighted by Crippen LogP contribution is 2.22. The van der Waals surface area contributed by atoms with Crippen molar-refractivity contribution < 1.29 is 34.5 Å². The number of carbonyl (C=O) groups is 4. The highest BCUT2D eigenvalue weighted by molar-refractivity contribution is 7.99. The molecule has 0 spiro atoms. The van der Waals surface area contributed by atoms with E-state index in [-0.39, 0.29) is 35.2 Å². The molecular formula is C25H30N2O7S. The number of amides is 2. The number of carboxylic acids is 1. The molecule has 2 aromatic carbocycles. The summed E-state index contributed by atoms with van der Waals surface area (Å²) >= 11 is 1.32. The van der Waals surface area contributed by atoms with Gasteiger partial charge in [0.1, 0.15) is 17.5 Å². The Bertz CT molecular complexity index is 1040. The van der Waals surface area contributed by atoms with E-state index in [2.05, 4.69) is 10.6 Å². The van der Waals surface area contributed by atoms with E-state index in [0.29, 0.717) is 5.75 Å². The van der Waals surface area contributed by atoms with Gasteiger partial charge in [-0.1, -0.05) is 44.2 Å². The lowest BCUT2D eigenvalue weighted by atomic mass is 10.0.